The average Bonchev–Trinajstić information content (AvgIpc) is 1.71. The second kappa shape index (κ2) is 17.8. The quantitative estimate of drug-likeness (QED) is 0.163. The predicted octanol–water partition coefficient (Wildman–Crippen LogP) is 21.0. The number of thiophene rings is 1. The monoisotopic (exact) mass is 1140 g/mol. The smallest absolute Gasteiger partial charge is 0.264 e. The van der Waals surface area contributed by atoms with Crippen LogP contribution >= 0.6 is 11.3 Å². The third-order valence-electron chi connectivity index (χ3n) is 22.4. The summed E-state index contributed by atoms with van der Waals surface area (Å²) >= 11 is 2.08. The molecular formula is C80H94BN3S. The van der Waals surface area contributed by atoms with Crippen molar-refractivity contribution in [1.29, 1.82) is 0 Å². The zero-order chi connectivity index (χ0) is 60.6. The van der Waals surface area contributed by atoms with E-state index in [1.165, 1.54) is 163 Å². The lowest BCUT2D eigenvalue weighted by atomic mass is 9.36. The largest absolute Gasteiger partial charge is 0.311 e. The van der Waals surface area contributed by atoms with Gasteiger partial charge >= 0.3 is 0 Å². The van der Waals surface area contributed by atoms with E-state index in [2.05, 4.69) is 286 Å². The van der Waals surface area contributed by atoms with Crippen LogP contribution in [0, 0.1) is 0 Å². The Morgan fingerprint density at radius 1 is 0.365 bits per heavy atom. The summed E-state index contributed by atoms with van der Waals surface area (Å²) in [5, 5.41) is 4.01. The molecule has 9 aromatic rings. The molecule has 4 heterocycles. The Labute approximate surface area is 514 Å². The van der Waals surface area contributed by atoms with Crippen LogP contribution in [-0.4, -0.2) is 11.3 Å². The Balaban J connectivity index is 1.17. The fraction of sp³-hybridized carbons (Fsp3) is 0.450. The summed E-state index contributed by atoms with van der Waals surface area (Å²) in [5.74, 6) is 0. The molecule has 2 aliphatic heterocycles. The van der Waals surface area contributed by atoms with Crippen LogP contribution in [0.1, 0.15) is 234 Å². The summed E-state index contributed by atoms with van der Waals surface area (Å²) in [6.45, 7) is 51.2. The molecule has 3 nitrogen and oxygen atoms in total. The molecule has 14 rings (SSSR count). The van der Waals surface area contributed by atoms with Crippen molar-refractivity contribution in [2.45, 2.75) is 233 Å². The minimum absolute atomic E-state index is 0.0148. The molecule has 2 aromatic heterocycles. The van der Waals surface area contributed by atoms with Gasteiger partial charge in [-0.3, -0.25) is 0 Å². The van der Waals surface area contributed by atoms with E-state index in [-0.39, 0.29) is 55.4 Å². The number of rotatable bonds is 3. The van der Waals surface area contributed by atoms with Crippen molar-refractivity contribution < 1.29 is 0 Å². The lowest BCUT2D eigenvalue weighted by molar-refractivity contribution is 0.332. The van der Waals surface area contributed by atoms with Crippen molar-refractivity contribution >= 4 is 99.8 Å². The first-order valence-electron chi connectivity index (χ1n) is 32.4. The fourth-order valence-corrected chi connectivity index (χ4v) is 17.7. The second-order valence-electron chi connectivity index (χ2n) is 34.3. The molecule has 0 atom stereocenters. The normalized spacial score (nSPS) is 19.6. The van der Waals surface area contributed by atoms with Gasteiger partial charge in [-0.2, -0.15) is 0 Å². The maximum absolute atomic E-state index is 2.80. The third-order valence-corrected chi connectivity index (χ3v) is 23.6. The summed E-state index contributed by atoms with van der Waals surface area (Å²) < 4.78 is 5.49. The van der Waals surface area contributed by atoms with Crippen LogP contribution in [0.2, 0.25) is 0 Å². The molecule has 7 aromatic carbocycles. The highest BCUT2D eigenvalue weighted by molar-refractivity contribution is 7.33. The topological polar surface area (TPSA) is 11.4 Å². The lowest BCUT2D eigenvalue weighted by Gasteiger charge is -2.46. The van der Waals surface area contributed by atoms with Gasteiger partial charge in [-0.1, -0.05) is 182 Å². The molecule has 5 aliphatic rings. The number of fused-ring (bicyclic) bond motifs is 12. The summed E-state index contributed by atoms with van der Waals surface area (Å²) in [7, 11) is 0. The Kier molecular flexibility index (Phi) is 11.9. The van der Waals surface area contributed by atoms with Crippen molar-refractivity contribution in [3.8, 4) is 5.69 Å². The average molecular weight is 1140 g/mol. The third kappa shape index (κ3) is 8.51. The van der Waals surface area contributed by atoms with Gasteiger partial charge in [0.1, 0.15) is 0 Å². The number of aromatic nitrogens is 1. The molecule has 0 amide bonds. The van der Waals surface area contributed by atoms with Gasteiger partial charge in [-0.25, -0.2) is 0 Å². The van der Waals surface area contributed by atoms with E-state index in [9.17, 15) is 0 Å². The van der Waals surface area contributed by atoms with E-state index in [1.54, 1.807) is 0 Å². The standard InChI is InChI=1S/C80H94BN3S/c1-72(2,3)47-22-29-63-53(38-47)54-39-48(73(4,5)6)23-30-64(54)83(63)52-43-66-69-67(44-52)84(51-26-28-57-59(42-51)78(16,17)35-33-76(57,12)13)70-55-45-60-61(80(20,21)37-36-79(60,18)19)46-68(55)85-71(70)81(69)62-40-49(74(7,8)9)24-31-65(62)82(66)50-25-27-56-58(41-50)77(14,15)34-32-75(56,10)11/h22-31,38-46H,32-37H2,1-21H3. The molecule has 3 aliphatic carbocycles. The van der Waals surface area contributed by atoms with Gasteiger partial charge in [0.25, 0.3) is 6.71 Å². The second-order valence-corrected chi connectivity index (χ2v) is 35.4. The molecule has 0 N–H and O–H groups in total. The summed E-state index contributed by atoms with van der Waals surface area (Å²) in [4.78, 5) is 5.53. The minimum atomic E-state index is -0.0614. The van der Waals surface area contributed by atoms with Gasteiger partial charge in [-0.05, 0) is 227 Å². The molecule has 5 heteroatoms. The molecular weight excluding hydrogens is 1050 g/mol. The van der Waals surface area contributed by atoms with Gasteiger partial charge < -0.3 is 14.4 Å². The molecule has 0 fully saturated rings. The Morgan fingerprint density at radius 3 is 1.24 bits per heavy atom. The van der Waals surface area contributed by atoms with Crippen molar-refractivity contribution in [2.75, 3.05) is 9.80 Å². The molecule has 0 radical (unpaired) electrons. The summed E-state index contributed by atoms with van der Waals surface area (Å²) in [6, 6.07) is 48.3. The molecule has 0 bridgehead atoms. The van der Waals surface area contributed by atoms with Crippen molar-refractivity contribution in [3.05, 3.63) is 165 Å². The van der Waals surface area contributed by atoms with Crippen LogP contribution in [0.15, 0.2) is 115 Å². The summed E-state index contributed by atoms with van der Waals surface area (Å²) in [5.41, 5.74) is 27.5. The highest BCUT2D eigenvalue weighted by Gasteiger charge is 2.49. The number of nitrogens with zero attached hydrogens (tertiary/aromatic N) is 3. The molecule has 438 valence electrons. The van der Waals surface area contributed by atoms with Crippen LogP contribution < -0.4 is 25.5 Å². The maximum atomic E-state index is 2.80. The summed E-state index contributed by atoms with van der Waals surface area (Å²) in [6.07, 6.45) is 7.04. The zero-order valence-electron chi connectivity index (χ0n) is 55.5. The SMILES string of the molecule is CC(C)(C)c1ccc2c(c1)B1c3sc4cc5c(cc4c3N(c3ccc4c(c3)C(C)(C)CCC4(C)C)c3cc(-n4c6ccc(C(C)(C)C)cc6c6cc(C(C)(C)C)ccc64)cc(c31)N2c1ccc2c(c1)C(C)(C)CCC2(C)C)C(C)(C)CCC5(C)C. The van der Waals surface area contributed by atoms with Crippen LogP contribution in [-0.2, 0) is 48.7 Å². The lowest BCUT2D eigenvalue weighted by Crippen LogP contribution is -2.60. The first-order chi connectivity index (χ1) is 39.5. The minimum Gasteiger partial charge on any atom is -0.311 e. The van der Waals surface area contributed by atoms with E-state index < -0.39 is 0 Å². The highest BCUT2D eigenvalue weighted by Crippen LogP contribution is 2.56. The first kappa shape index (κ1) is 56.8. The molecule has 0 unspecified atom stereocenters. The van der Waals surface area contributed by atoms with Gasteiger partial charge in [0, 0.05) is 54.1 Å². The van der Waals surface area contributed by atoms with E-state index in [0.29, 0.717) is 0 Å². The number of benzene rings is 7. The van der Waals surface area contributed by atoms with Gasteiger partial charge in [0.05, 0.1) is 22.4 Å². The number of hydrogen-bond donors (Lipinski definition) is 0. The fourth-order valence-electron chi connectivity index (χ4n) is 16.3. The van der Waals surface area contributed by atoms with Crippen LogP contribution in [0.3, 0.4) is 0 Å². The van der Waals surface area contributed by atoms with Crippen LogP contribution in [0.5, 0.6) is 0 Å². The highest BCUT2D eigenvalue weighted by atomic mass is 32.1. The molecule has 0 saturated carbocycles. The predicted molar refractivity (Wildman–Crippen MR) is 372 cm³/mol. The first-order valence-corrected chi connectivity index (χ1v) is 33.2. The van der Waals surface area contributed by atoms with Crippen molar-refractivity contribution in [1.82, 2.24) is 4.57 Å². The van der Waals surface area contributed by atoms with Gasteiger partial charge in [-0.15, -0.1) is 11.3 Å². The van der Waals surface area contributed by atoms with Gasteiger partial charge in [0.2, 0.25) is 0 Å². The molecule has 0 saturated heterocycles. The van der Waals surface area contributed by atoms with E-state index in [0.717, 1.165) is 12.8 Å². The molecule has 0 spiro atoms. The van der Waals surface area contributed by atoms with E-state index >= 15 is 0 Å². The Morgan fingerprint density at radius 2 is 0.765 bits per heavy atom. The number of anilines is 6. The Bertz CT molecular complexity index is 4260. The van der Waals surface area contributed by atoms with Crippen LogP contribution in [0.4, 0.5) is 34.1 Å². The van der Waals surface area contributed by atoms with Crippen molar-refractivity contribution in [2.24, 2.45) is 0 Å². The van der Waals surface area contributed by atoms with E-state index in [4.69, 9.17) is 0 Å². The van der Waals surface area contributed by atoms with E-state index in [1.807, 2.05) is 0 Å². The van der Waals surface area contributed by atoms with Gasteiger partial charge in [0.15, 0.2) is 0 Å². The van der Waals surface area contributed by atoms with Crippen LogP contribution in [0.25, 0.3) is 37.6 Å². The zero-order valence-corrected chi connectivity index (χ0v) is 56.4. The number of hydrogen-bond acceptors (Lipinski definition) is 3. The molecule has 85 heavy (non-hydrogen) atoms. The van der Waals surface area contributed by atoms with Crippen molar-refractivity contribution in [3.63, 3.8) is 0 Å². The Hall–Kier alpha value is -6.04. The maximum Gasteiger partial charge on any atom is 0.264 e.